The van der Waals surface area contributed by atoms with Crippen molar-refractivity contribution in [3.63, 3.8) is 0 Å². The van der Waals surface area contributed by atoms with E-state index in [0.717, 1.165) is 22.6 Å². The second-order valence-corrected chi connectivity index (χ2v) is 5.59. The van der Waals surface area contributed by atoms with Crippen molar-refractivity contribution in [1.82, 2.24) is 5.32 Å². The molecule has 0 saturated heterocycles. The Morgan fingerprint density at radius 2 is 2.42 bits per heavy atom. The summed E-state index contributed by atoms with van der Waals surface area (Å²) < 4.78 is 0. The van der Waals surface area contributed by atoms with Crippen molar-refractivity contribution >= 4 is 30.1 Å². The van der Waals surface area contributed by atoms with Crippen LogP contribution in [0.1, 0.15) is 17.5 Å². The lowest BCUT2D eigenvalue weighted by Gasteiger charge is -2.18. The first kappa shape index (κ1) is 13.7. The second-order valence-electron chi connectivity index (χ2n) is 4.34. The number of nitrogens with zero attached hydrogens (tertiary/aromatic N) is 1. The fourth-order valence-electron chi connectivity index (χ4n) is 1.94. The van der Waals surface area contributed by atoms with Gasteiger partial charge in [0, 0.05) is 40.4 Å². The standard InChI is InChI=1S/C14H17N3OS/c1-10-2-3-13(15)12(8-17-9-18)14(10)19-11-4-6-16-7-5-11/h2-4,6-7,9,11H,5,8,15H2,1H3,(H,17,18). The van der Waals surface area contributed by atoms with Gasteiger partial charge in [0.1, 0.15) is 0 Å². The molecule has 3 N–H and O–H groups in total. The molecule has 4 nitrogen and oxygen atoms in total. The van der Waals surface area contributed by atoms with Gasteiger partial charge in [0.2, 0.25) is 6.41 Å². The van der Waals surface area contributed by atoms with Gasteiger partial charge in [0.05, 0.1) is 0 Å². The van der Waals surface area contributed by atoms with Crippen LogP contribution in [0.15, 0.2) is 34.3 Å². The molecule has 0 aromatic heterocycles. The summed E-state index contributed by atoms with van der Waals surface area (Å²) in [6.45, 7) is 2.52. The monoisotopic (exact) mass is 275 g/mol. The maximum atomic E-state index is 10.5. The van der Waals surface area contributed by atoms with Crippen LogP contribution in [-0.4, -0.2) is 17.9 Å². The molecule has 1 aliphatic heterocycles. The number of carbonyl (C=O) groups excluding carboxylic acids is 1. The van der Waals surface area contributed by atoms with E-state index in [1.807, 2.05) is 24.5 Å². The first-order valence-electron chi connectivity index (χ1n) is 6.12. The lowest BCUT2D eigenvalue weighted by molar-refractivity contribution is -0.109. The number of carbonyl (C=O) groups is 1. The molecule has 1 heterocycles. The van der Waals surface area contributed by atoms with Gasteiger partial charge in [-0.25, -0.2) is 0 Å². The Labute approximate surface area is 117 Å². The Morgan fingerprint density at radius 3 is 3.11 bits per heavy atom. The number of nitrogens with one attached hydrogen (secondary N) is 1. The van der Waals surface area contributed by atoms with Crippen LogP contribution >= 0.6 is 11.8 Å². The van der Waals surface area contributed by atoms with E-state index < -0.39 is 0 Å². The molecule has 100 valence electrons. The van der Waals surface area contributed by atoms with Gasteiger partial charge in [-0.15, -0.1) is 11.8 Å². The van der Waals surface area contributed by atoms with Crippen LogP contribution in [0, 0.1) is 6.92 Å². The Kier molecular flexibility index (Phi) is 4.63. The number of hydrogen-bond donors (Lipinski definition) is 2. The molecule has 0 spiro atoms. The van der Waals surface area contributed by atoms with Gasteiger partial charge < -0.3 is 11.1 Å². The smallest absolute Gasteiger partial charge is 0.207 e. The molecule has 1 atom stereocenters. The fourth-order valence-corrected chi connectivity index (χ4v) is 3.16. The molecule has 0 fully saturated rings. The van der Waals surface area contributed by atoms with Gasteiger partial charge in [0.25, 0.3) is 0 Å². The molecule has 1 aliphatic rings. The summed E-state index contributed by atoms with van der Waals surface area (Å²) in [6.07, 6.45) is 7.44. The van der Waals surface area contributed by atoms with Crippen LogP contribution in [0.2, 0.25) is 0 Å². The highest BCUT2D eigenvalue weighted by atomic mass is 32.2. The van der Waals surface area contributed by atoms with E-state index in [1.54, 1.807) is 11.8 Å². The van der Waals surface area contributed by atoms with Crippen molar-refractivity contribution < 1.29 is 4.79 Å². The number of nitrogens with two attached hydrogens (primary N) is 1. The molecule has 1 amide bonds. The van der Waals surface area contributed by atoms with Crippen LogP contribution in [0.4, 0.5) is 5.69 Å². The first-order chi connectivity index (χ1) is 9.22. The average Bonchev–Trinajstić information content (AvgIpc) is 2.43. The van der Waals surface area contributed by atoms with Gasteiger partial charge in [-0.3, -0.25) is 9.79 Å². The van der Waals surface area contributed by atoms with Crippen LogP contribution < -0.4 is 11.1 Å². The predicted molar refractivity (Wildman–Crippen MR) is 80.4 cm³/mol. The molecule has 19 heavy (non-hydrogen) atoms. The lowest BCUT2D eigenvalue weighted by atomic mass is 10.1. The van der Waals surface area contributed by atoms with Gasteiger partial charge in [-0.05, 0) is 25.0 Å². The van der Waals surface area contributed by atoms with E-state index in [9.17, 15) is 4.79 Å². The van der Waals surface area contributed by atoms with Crippen LogP contribution in [0.3, 0.4) is 0 Å². The number of hydrogen-bond acceptors (Lipinski definition) is 4. The first-order valence-corrected chi connectivity index (χ1v) is 7.00. The van der Waals surface area contributed by atoms with E-state index in [-0.39, 0.29) is 0 Å². The van der Waals surface area contributed by atoms with Crippen molar-refractivity contribution in [3.8, 4) is 0 Å². The van der Waals surface area contributed by atoms with Crippen molar-refractivity contribution in [3.05, 3.63) is 35.5 Å². The maximum absolute atomic E-state index is 10.5. The van der Waals surface area contributed by atoms with Gasteiger partial charge in [-0.1, -0.05) is 12.1 Å². The number of nitrogen functional groups attached to an aromatic ring is 1. The molecule has 1 unspecified atom stereocenters. The number of rotatable bonds is 5. The van der Waals surface area contributed by atoms with Crippen LogP contribution in [0.5, 0.6) is 0 Å². The van der Waals surface area contributed by atoms with Crippen molar-refractivity contribution in [1.29, 1.82) is 0 Å². The highest BCUT2D eigenvalue weighted by molar-refractivity contribution is 8.00. The number of anilines is 1. The number of benzene rings is 1. The summed E-state index contributed by atoms with van der Waals surface area (Å²) in [5.74, 6) is 0. The third-order valence-electron chi connectivity index (χ3n) is 2.95. The summed E-state index contributed by atoms with van der Waals surface area (Å²) in [5, 5.41) is 3.06. The van der Waals surface area contributed by atoms with E-state index in [4.69, 9.17) is 5.73 Å². The van der Waals surface area contributed by atoms with Crippen LogP contribution in [0.25, 0.3) is 0 Å². The van der Waals surface area contributed by atoms with Gasteiger partial charge in [0.15, 0.2) is 0 Å². The maximum Gasteiger partial charge on any atom is 0.207 e. The number of thioether (sulfide) groups is 1. The minimum absolute atomic E-state index is 0.369. The summed E-state index contributed by atoms with van der Waals surface area (Å²) in [7, 11) is 0. The van der Waals surface area contributed by atoms with Gasteiger partial charge in [-0.2, -0.15) is 0 Å². The molecule has 0 saturated carbocycles. The van der Waals surface area contributed by atoms with E-state index in [0.29, 0.717) is 18.2 Å². The van der Waals surface area contributed by atoms with Gasteiger partial charge >= 0.3 is 0 Å². The third-order valence-corrected chi connectivity index (χ3v) is 4.41. The number of aryl methyl sites for hydroxylation is 1. The molecular formula is C14H17N3OS. The minimum atomic E-state index is 0.369. The molecule has 1 aromatic carbocycles. The molecule has 0 bridgehead atoms. The van der Waals surface area contributed by atoms with E-state index in [1.165, 1.54) is 5.56 Å². The predicted octanol–water partition coefficient (Wildman–Crippen LogP) is 2.27. The third kappa shape index (κ3) is 3.38. The normalized spacial score (nSPS) is 17.4. The van der Waals surface area contributed by atoms with E-state index >= 15 is 0 Å². The highest BCUT2D eigenvalue weighted by Crippen LogP contribution is 2.35. The quantitative estimate of drug-likeness (QED) is 0.640. The Bertz CT molecular complexity index is 526. The highest BCUT2D eigenvalue weighted by Gasteiger charge is 2.15. The summed E-state index contributed by atoms with van der Waals surface area (Å²) in [6, 6.07) is 3.90. The van der Waals surface area contributed by atoms with E-state index in [2.05, 4.69) is 23.3 Å². The molecule has 0 aliphatic carbocycles. The summed E-state index contributed by atoms with van der Waals surface area (Å²) in [5.41, 5.74) is 8.91. The number of amides is 1. The minimum Gasteiger partial charge on any atom is -0.398 e. The van der Waals surface area contributed by atoms with Crippen LogP contribution in [-0.2, 0) is 11.3 Å². The number of aliphatic imine (C=N–C) groups is 1. The summed E-state index contributed by atoms with van der Waals surface area (Å²) in [4.78, 5) is 15.7. The zero-order chi connectivity index (χ0) is 13.7. The topological polar surface area (TPSA) is 67.5 Å². The Balaban J connectivity index is 2.26. The molecule has 2 rings (SSSR count). The molecular weight excluding hydrogens is 258 g/mol. The second kappa shape index (κ2) is 6.43. The fraction of sp³-hybridized carbons (Fsp3) is 0.286. The summed E-state index contributed by atoms with van der Waals surface area (Å²) >= 11 is 1.77. The molecule has 5 heteroatoms. The zero-order valence-corrected chi connectivity index (χ0v) is 11.6. The Morgan fingerprint density at radius 1 is 1.58 bits per heavy atom. The Hall–Kier alpha value is -1.75. The van der Waals surface area contributed by atoms with Crippen molar-refractivity contribution in [2.24, 2.45) is 4.99 Å². The molecule has 1 aromatic rings. The van der Waals surface area contributed by atoms with Crippen molar-refractivity contribution in [2.45, 2.75) is 30.0 Å². The van der Waals surface area contributed by atoms with Crippen molar-refractivity contribution in [2.75, 3.05) is 5.73 Å². The SMILES string of the molecule is Cc1ccc(N)c(CNC=O)c1SC1C=CN=CC1. The largest absolute Gasteiger partial charge is 0.398 e. The average molecular weight is 275 g/mol. The lowest BCUT2D eigenvalue weighted by Crippen LogP contribution is -2.14. The zero-order valence-electron chi connectivity index (χ0n) is 10.8. The molecule has 0 radical (unpaired) electrons.